The smallest absolute Gasteiger partial charge is 0.261 e. The molecule has 0 aliphatic carbocycles. The summed E-state index contributed by atoms with van der Waals surface area (Å²) in [4.78, 5) is 12.4. The Bertz CT molecular complexity index is 1070. The van der Waals surface area contributed by atoms with E-state index >= 15 is 0 Å². The van der Waals surface area contributed by atoms with Gasteiger partial charge in [0.25, 0.3) is 5.91 Å². The van der Waals surface area contributed by atoms with E-state index in [1.165, 1.54) is 10.9 Å². The summed E-state index contributed by atoms with van der Waals surface area (Å²) in [7, 11) is 2.07. The van der Waals surface area contributed by atoms with Crippen LogP contribution in [0.2, 0.25) is 0 Å². The standard InChI is InChI=1S/C23H22FN3O.CH3F/c1-23(2,3)14-13-16-9-11-17(12-10-16)18-7-5-6-8-20(18)25-22(28)19-15-27(4)26-21(19)24;1-2/h5-12,15H,1-4H3,(H,25,28);1H3. The Kier molecular flexibility index (Phi) is 7.48. The lowest BCUT2D eigenvalue weighted by molar-refractivity contribution is 0.102. The first-order valence-corrected chi connectivity index (χ1v) is 9.34. The maximum atomic E-state index is 13.8. The third-order valence-corrected chi connectivity index (χ3v) is 3.98. The third-order valence-electron chi connectivity index (χ3n) is 3.98. The second-order valence-electron chi connectivity index (χ2n) is 7.58. The summed E-state index contributed by atoms with van der Waals surface area (Å²) in [5, 5.41) is 6.35. The van der Waals surface area contributed by atoms with E-state index in [4.69, 9.17) is 0 Å². The van der Waals surface area contributed by atoms with Crippen molar-refractivity contribution < 1.29 is 13.6 Å². The lowest BCUT2D eigenvalue weighted by Crippen LogP contribution is -2.13. The molecule has 1 N–H and O–H groups in total. The number of aromatic nitrogens is 2. The molecule has 0 spiro atoms. The van der Waals surface area contributed by atoms with Gasteiger partial charge < -0.3 is 5.32 Å². The predicted molar refractivity (Wildman–Crippen MR) is 116 cm³/mol. The van der Waals surface area contributed by atoms with Gasteiger partial charge in [-0.25, -0.2) is 0 Å². The van der Waals surface area contributed by atoms with Crippen molar-refractivity contribution in [2.24, 2.45) is 12.5 Å². The molecule has 0 atom stereocenters. The molecule has 0 aliphatic rings. The van der Waals surface area contributed by atoms with E-state index < -0.39 is 11.9 Å². The molecular weight excluding hydrogens is 384 g/mol. The molecule has 0 saturated carbocycles. The van der Waals surface area contributed by atoms with E-state index in [9.17, 15) is 13.6 Å². The van der Waals surface area contributed by atoms with Crippen molar-refractivity contribution in [1.82, 2.24) is 9.78 Å². The number of carbonyl (C=O) groups is 1. The summed E-state index contributed by atoms with van der Waals surface area (Å²) < 4.78 is 24.6. The van der Waals surface area contributed by atoms with Gasteiger partial charge in [0, 0.05) is 35.5 Å². The first-order chi connectivity index (χ1) is 14.2. The van der Waals surface area contributed by atoms with E-state index in [1.54, 1.807) is 13.1 Å². The topological polar surface area (TPSA) is 46.9 Å². The van der Waals surface area contributed by atoms with Crippen LogP contribution in [-0.4, -0.2) is 22.9 Å². The Balaban J connectivity index is 0.00000155. The van der Waals surface area contributed by atoms with E-state index in [0.29, 0.717) is 12.9 Å². The van der Waals surface area contributed by atoms with Crippen molar-refractivity contribution >= 4 is 11.6 Å². The fourth-order valence-corrected chi connectivity index (χ4v) is 2.64. The largest absolute Gasteiger partial charge is 0.321 e. The van der Waals surface area contributed by atoms with Crippen molar-refractivity contribution in [2.75, 3.05) is 12.5 Å². The molecule has 0 fully saturated rings. The summed E-state index contributed by atoms with van der Waals surface area (Å²) in [6, 6.07) is 15.2. The van der Waals surface area contributed by atoms with Crippen LogP contribution in [0.4, 0.5) is 14.5 Å². The van der Waals surface area contributed by atoms with E-state index in [-0.39, 0.29) is 11.0 Å². The van der Waals surface area contributed by atoms with Crippen LogP contribution in [-0.2, 0) is 7.05 Å². The molecule has 0 saturated heterocycles. The van der Waals surface area contributed by atoms with Gasteiger partial charge in [-0.05, 0) is 44.5 Å². The Morgan fingerprint density at radius 2 is 1.70 bits per heavy atom. The molecule has 1 amide bonds. The van der Waals surface area contributed by atoms with Crippen LogP contribution in [0, 0.1) is 23.2 Å². The molecule has 0 aliphatic heterocycles. The van der Waals surface area contributed by atoms with E-state index in [0.717, 1.165) is 16.7 Å². The van der Waals surface area contributed by atoms with E-state index in [1.807, 2.05) is 42.5 Å². The number of alkyl halides is 1. The fourth-order valence-electron chi connectivity index (χ4n) is 2.64. The summed E-state index contributed by atoms with van der Waals surface area (Å²) in [5.74, 6) is 5.05. The number of carbonyl (C=O) groups excluding carboxylic acids is 1. The molecule has 30 heavy (non-hydrogen) atoms. The molecule has 6 heteroatoms. The normalized spacial score (nSPS) is 10.4. The highest BCUT2D eigenvalue weighted by Gasteiger charge is 2.17. The van der Waals surface area contributed by atoms with Crippen LogP contribution < -0.4 is 5.32 Å². The fraction of sp³-hybridized carbons (Fsp3) is 0.250. The van der Waals surface area contributed by atoms with Crippen molar-refractivity contribution in [3.8, 4) is 23.0 Å². The van der Waals surface area contributed by atoms with Gasteiger partial charge in [-0.1, -0.05) is 42.2 Å². The number of nitrogens with zero attached hydrogens (tertiary/aromatic N) is 2. The van der Waals surface area contributed by atoms with Crippen molar-refractivity contribution in [3.63, 3.8) is 0 Å². The molecule has 3 rings (SSSR count). The molecule has 156 valence electrons. The van der Waals surface area contributed by atoms with Crippen LogP contribution in [0.15, 0.2) is 54.7 Å². The number of nitrogens with one attached hydrogen (secondary N) is 1. The summed E-state index contributed by atoms with van der Waals surface area (Å²) in [5.41, 5.74) is 3.16. The second-order valence-corrected chi connectivity index (χ2v) is 7.58. The predicted octanol–water partition coefficient (Wildman–Crippen LogP) is 5.46. The van der Waals surface area contributed by atoms with Gasteiger partial charge in [0.15, 0.2) is 0 Å². The maximum absolute atomic E-state index is 13.8. The Hall–Kier alpha value is -3.46. The molecule has 1 aromatic heterocycles. The van der Waals surface area contributed by atoms with Gasteiger partial charge in [0.05, 0.1) is 7.18 Å². The number of amides is 1. The van der Waals surface area contributed by atoms with Crippen LogP contribution in [0.25, 0.3) is 11.1 Å². The number of hydrogen-bond acceptors (Lipinski definition) is 2. The highest BCUT2D eigenvalue weighted by Crippen LogP contribution is 2.28. The number of aryl methyl sites for hydroxylation is 1. The summed E-state index contributed by atoms with van der Waals surface area (Å²) >= 11 is 0. The highest BCUT2D eigenvalue weighted by molar-refractivity contribution is 6.06. The van der Waals surface area contributed by atoms with Gasteiger partial charge in [0.1, 0.15) is 5.56 Å². The zero-order chi connectivity index (χ0) is 22.3. The number of rotatable bonds is 3. The number of benzene rings is 2. The molecule has 2 aromatic carbocycles. The first-order valence-electron chi connectivity index (χ1n) is 9.34. The van der Waals surface area contributed by atoms with Crippen LogP contribution in [0.3, 0.4) is 0 Å². The zero-order valence-electron chi connectivity index (χ0n) is 17.8. The summed E-state index contributed by atoms with van der Waals surface area (Å²) in [6.45, 7) is 6.20. The van der Waals surface area contributed by atoms with Gasteiger partial charge in [0.2, 0.25) is 5.95 Å². The minimum Gasteiger partial charge on any atom is -0.321 e. The Morgan fingerprint density at radius 3 is 2.27 bits per heavy atom. The molecule has 0 bridgehead atoms. The van der Waals surface area contributed by atoms with Gasteiger partial charge in [-0.15, -0.1) is 5.10 Å². The minimum absolute atomic E-state index is 0.0584. The van der Waals surface area contributed by atoms with Crippen molar-refractivity contribution in [3.05, 3.63) is 71.8 Å². The SMILES string of the molecule is CF.Cn1cc(C(=O)Nc2ccccc2-c2ccc(C#CC(C)(C)C)cc2)c(F)n1. The molecule has 4 nitrogen and oxygen atoms in total. The summed E-state index contributed by atoms with van der Waals surface area (Å²) in [6.07, 6.45) is 1.36. The third kappa shape index (κ3) is 6.02. The Morgan fingerprint density at radius 1 is 1.07 bits per heavy atom. The van der Waals surface area contributed by atoms with Gasteiger partial charge >= 0.3 is 0 Å². The zero-order valence-corrected chi connectivity index (χ0v) is 17.8. The van der Waals surface area contributed by atoms with E-state index in [2.05, 4.69) is 43.0 Å². The molecular formula is C24H25F2N3O. The van der Waals surface area contributed by atoms with Crippen LogP contribution >= 0.6 is 0 Å². The van der Waals surface area contributed by atoms with Crippen molar-refractivity contribution in [1.29, 1.82) is 0 Å². The number of halogens is 2. The number of para-hydroxylation sites is 1. The Labute approximate surface area is 175 Å². The molecule has 0 unspecified atom stereocenters. The lowest BCUT2D eigenvalue weighted by Gasteiger charge is -2.11. The average molecular weight is 409 g/mol. The first kappa shape index (κ1) is 22.8. The molecule has 1 heterocycles. The quantitative estimate of drug-likeness (QED) is 0.584. The van der Waals surface area contributed by atoms with Crippen molar-refractivity contribution in [2.45, 2.75) is 20.8 Å². The second kappa shape index (κ2) is 9.84. The molecule has 3 aromatic rings. The highest BCUT2D eigenvalue weighted by atomic mass is 19.1. The van der Waals surface area contributed by atoms with Crippen LogP contribution in [0.1, 0.15) is 36.7 Å². The number of anilines is 1. The van der Waals surface area contributed by atoms with Gasteiger partial charge in [-0.3, -0.25) is 13.9 Å². The maximum Gasteiger partial charge on any atom is 0.261 e. The van der Waals surface area contributed by atoms with Crippen LogP contribution in [0.5, 0.6) is 0 Å². The monoisotopic (exact) mass is 409 g/mol. The number of hydrogen-bond donors (Lipinski definition) is 1. The minimum atomic E-state index is -0.792. The lowest BCUT2D eigenvalue weighted by atomic mass is 9.97. The molecule has 0 radical (unpaired) electrons. The van der Waals surface area contributed by atoms with Gasteiger partial charge in [-0.2, -0.15) is 4.39 Å². The average Bonchev–Trinajstić information content (AvgIpc) is 3.06.